The third-order valence-corrected chi connectivity index (χ3v) is 5.71. The fraction of sp³-hybridized carbons (Fsp3) is 0.167. The van der Waals surface area contributed by atoms with Crippen molar-refractivity contribution in [3.63, 3.8) is 0 Å². The summed E-state index contributed by atoms with van der Waals surface area (Å²) in [7, 11) is -4.00. The van der Waals surface area contributed by atoms with Gasteiger partial charge in [-0.25, -0.2) is 18.1 Å². The summed E-state index contributed by atoms with van der Waals surface area (Å²) in [6.07, 6.45) is -4.66. The maximum Gasteiger partial charge on any atom is 0.458 e. The van der Waals surface area contributed by atoms with Gasteiger partial charge in [0.2, 0.25) is 5.95 Å². The molecule has 0 aliphatic heterocycles. The van der Waals surface area contributed by atoms with E-state index in [1.807, 2.05) is 0 Å². The van der Waals surface area contributed by atoms with Crippen molar-refractivity contribution < 1.29 is 30.4 Å². The fourth-order valence-corrected chi connectivity index (χ4v) is 3.69. The molecule has 25 heavy (non-hydrogen) atoms. The summed E-state index contributed by atoms with van der Waals surface area (Å²) in [5.74, 6) is -5.37. The van der Waals surface area contributed by atoms with Crippen LogP contribution in [0.4, 0.5) is 27.9 Å². The second-order valence-electron chi connectivity index (χ2n) is 4.82. The summed E-state index contributed by atoms with van der Waals surface area (Å²) < 4.78 is 90.1. The minimum absolute atomic E-state index is 0.0173. The molecule has 0 saturated carbocycles. The van der Waals surface area contributed by atoms with E-state index >= 15 is 0 Å². The lowest BCUT2D eigenvalue weighted by Gasteiger charge is -2.19. The van der Waals surface area contributed by atoms with Crippen molar-refractivity contribution in [3.05, 3.63) is 35.5 Å². The maximum absolute atomic E-state index is 13.4. The molecule has 2 aromatic heterocycles. The number of aromatic nitrogens is 3. The van der Waals surface area contributed by atoms with Crippen LogP contribution in [0, 0.1) is 0 Å². The third-order valence-electron chi connectivity index (χ3n) is 3.11. The number of imidazole rings is 1. The molecule has 2 heterocycles. The number of thiazole rings is 1. The Bertz CT molecular complexity index is 1010. The van der Waals surface area contributed by atoms with Crippen LogP contribution in [0.15, 0.2) is 34.1 Å². The Morgan fingerprint density at radius 1 is 1.16 bits per heavy atom. The quantitative estimate of drug-likeness (QED) is 0.659. The van der Waals surface area contributed by atoms with Gasteiger partial charge in [0.05, 0.1) is 22.7 Å². The van der Waals surface area contributed by atoms with Crippen LogP contribution in [-0.4, -0.2) is 29.5 Å². The zero-order valence-corrected chi connectivity index (χ0v) is 13.4. The predicted octanol–water partition coefficient (Wildman–Crippen LogP) is 3.47. The van der Waals surface area contributed by atoms with E-state index in [9.17, 15) is 30.4 Å². The van der Waals surface area contributed by atoms with Gasteiger partial charge in [0, 0.05) is 5.56 Å². The van der Waals surface area contributed by atoms with Crippen molar-refractivity contribution in [2.24, 2.45) is 0 Å². The highest BCUT2D eigenvalue weighted by Gasteiger charge is 2.58. The monoisotopic (exact) mass is 398 g/mol. The topological polar surface area (TPSA) is 87.7 Å². The highest BCUT2D eigenvalue weighted by molar-refractivity contribution is 7.94. The Kier molecular flexibility index (Phi) is 3.95. The zero-order chi connectivity index (χ0) is 18.5. The van der Waals surface area contributed by atoms with Crippen LogP contribution >= 0.6 is 11.3 Å². The van der Waals surface area contributed by atoms with E-state index in [4.69, 9.17) is 0 Å². The second kappa shape index (κ2) is 5.62. The average molecular weight is 398 g/mol. The van der Waals surface area contributed by atoms with Crippen LogP contribution in [0.1, 0.15) is 5.56 Å². The molecule has 3 aromatic rings. The minimum Gasteiger partial charge on any atom is -0.323 e. The highest BCUT2D eigenvalue weighted by atomic mass is 32.2. The van der Waals surface area contributed by atoms with E-state index < -0.39 is 27.7 Å². The maximum atomic E-state index is 13.4. The summed E-state index contributed by atoms with van der Waals surface area (Å²) in [6, 6.07) is 2.09. The summed E-state index contributed by atoms with van der Waals surface area (Å²) in [5, 5.41) is 0. The van der Waals surface area contributed by atoms with E-state index in [2.05, 4.69) is 19.7 Å². The largest absolute Gasteiger partial charge is 0.458 e. The lowest BCUT2D eigenvalue weighted by molar-refractivity contribution is -0.289. The molecule has 6 nitrogen and oxygen atoms in total. The summed E-state index contributed by atoms with van der Waals surface area (Å²) >= 11 is 0.837. The Labute approximate surface area is 140 Å². The van der Waals surface area contributed by atoms with Gasteiger partial charge in [0.1, 0.15) is 0 Å². The van der Waals surface area contributed by atoms with Gasteiger partial charge in [-0.15, -0.1) is 11.3 Å². The number of alkyl halides is 5. The van der Waals surface area contributed by atoms with Gasteiger partial charge in [-0.1, -0.05) is 6.07 Å². The molecule has 0 unspecified atom stereocenters. The van der Waals surface area contributed by atoms with Crippen molar-refractivity contribution >= 4 is 38.3 Å². The molecule has 0 amide bonds. The molecule has 0 aliphatic rings. The number of H-pyrrole nitrogens is 1. The van der Waals surface area contributed by atoms with Gasteiger partial charge >= 0.3 is 12.1 Å². The number of benzene rings is 1. The Hall–Kier alpha value is -2.28. The molecule has 134 valence electrons. The average Bonchev–Trinajstić information content (AvgIpc) is 3.13. The van der Waals surface area contributed by atoms with Gasteiger partial charge in [0.15, 0.2) is 4.21 Å². The molecular weight excluding hydrogens is 391 g/mol. The number of hydrogen-bond acceptors (Lipinski definition) is 5. The first-order valence-corrected chi connectivity index (χ1v) is 8.73. The van der Waals surface area contributed by atoms with Gasteiger partial charge in [-0.2, -0.15) is 22.0 Å². The number of nitrogens with one attached hydrogen (secondary N) is 2. The number of halogens is 5. The standard InChI is InChI=1S/C12H7F5N4O2S2/c13-11(14,12(15,16)17)6-1-2-7-8(3-6)20-10(19-7)21-25(22,23)9-4-18-5-24-9/h1-5H,(H2,19,20,21). The number of fused-ring (bicyclic) bond motifs is 1. The summed E-state index contributed by atoms with van der Waals surface area (Å²) in [5.41, 5.74) is -0.154. The predicted molar refractivity (Wildman–Crippen MR) is 79.0 cm³/mol. The Balaban J connectivity index is 1.96. The van der Waals surface area contributed by atoms with Crippen LogP contribution in [0.3, 0.4) is 0 Å². The number of rotatable bonds is 4. The first kappa shape index (κ1) is 17.5. The molecule has 0 spiro atoms. The molecule has 0 fully saturated rings. The van der Waals surface area contributed by atoms with Gasteiger partial charge < -0.3 is 4.98 Å². The van der Waals surface area contributed by atoms with E-state index in [1.165, 1.54) is 5.51 Å². The van der Waals surface area contributed by atoms with Crippen molar-refractivity contribution in [2.75, 3.05) is 4.72 Å². The molecule has 0 saturated heterocycles. The number of sulfonamides is 1. The molecule has 0 radical (unpaired) electrons. The van der Waals surface area contributed by atoms with Crippen LogP contribution in [0.2, 0.25) is 0 Å². The van der Waals surface area contributed by atoms with E-state index in [-0.39, 0.29) is 21.2 Å². The fourth-order valence-electron chi connectivity index (χ4n) is 1.93. The van der Waals surface area contributed by atoms with E-state index in [1.54, 1.807) is 0 Å². The van der Waals surface area contributed by atoms with Crippen molar-refractivity contribution in [1.29, 1.82) is 0 Å². The van der Waals surface area contributed by atoms with E-state index in [0.717, 1.165) is 23.6 Å². The lowest BCUT2D eigenvalue weighted by Crippen LogP contribution is -2.33. The van der Waals surface area contributed by atoms with Gasteiger partial charge in [-0.05, 0) is 12.1 Å². The molecule has 1 aromatic carbocycles. The summed E-state index contributed by atoms with van der Waals surface area (Å²) in [4.78, 5) is 9.78. The Morgan fingerprint density at radius 2 is 1.88 bits per heavy atom. The molecular formula is C12H7F5N4O2S2. The molecule has 2 N–H and O–H groups in total. The molecule has 0 aliphatic carbocycles. The Morgan fingerprint density at radius 3 is 2.48 bits per heavy atom. The highest BCUT2D eigenvalue weighted by Crippen LogP contribution is 2.44. The van der Waals surface area contributed by atoms with Crippen LogP contribution in [-0.2, 0) is 15.9 Å². The van der Waals surface area contributed by atoms with Gasteiger partial charge in [0.25, 0.3) is 10.0 Å². The van der Waals surface area contributed by atoms with Crippen molar-refractivity contribution in [3.8, 4) is 0 Å². The van der Waals surface area contributed by atoms with Crippen LogP contribution < -0.4 is 4.72 Å². The van der Waals surface area contributed by atoms with Gasteiger partial charge in [-0.3, -0.25) is 4.98 Å². The number of hydrogen-bond donors (Lipinski definition) is 2. The second-order valence-corrected chi connectivity index (χ2v) is 7.61. The first-order valence-electron chi connectivity index (χ1n) is 6.37. The molecule has 13 heteroatoms. The van der Waals surface area contributed by atoms with Crippen LogP contribution in [0.5, 0.6) is 0 Å². The minimum atomic E-state index is -5.75. The first-order chi connectivity index (χ1) is 11.5. The normalized spacial score (nSPS) is 13.3. The number of nitrogens with zero attached hydrogens (tertiary/aromatic N) is 2. The smallest absolute Gasteiger partial charge is 0.323 e. The number of anilines is 1. The lowest BCUT2D eigenvalue weighted by atomic mass is 10.1. The zero-order valence-electron chi connectivity index (χ0n) is 11.8. The van der Waals surface area contributed by atoms with Crippen molar-refractivity contribution in [1.82, 2.24) is 15.0 Å². The van der Waals surface area contributed by atoms with Crippen LogP contribution in [0.25, 0.3) is 11.0 Å². The number of aromatic amines is 1. The molecule has 0 atom stereocenters. The summed E-state index contributed by atoms with van der Waals surface area (Å²) in [6.45, 7) is 0. The molecule has 0 bridgehead atoms. The van der Waals surface area contributed by atoms with E-state index in [0.29, 0.717) is 12.1 Å². The van der Waals surface area contributed by atoms with Crippen molar-refractivity contribution in [2.45, 2.75) is 16.3 Å². The third kappa shape index (κ3) is 3.16. The SMILES string of the molecule is O=S(=O)(Nc1nc2ccc(C(F)(F)C(F)(F)F)cc2[nH]1)c1cncs1. The molecule has 3 rings (SSSR count).